The van der Waals surface area contributed by atoms with Crippen LogP contribution in [0.1, 0.15) is 6.92 Å². The first-order valence-corrected chi connectivity index (χ1v) is 4.42. The Hall–Kier alpha value is -0.775. The van der Waals surface area contributed by atoms with Crippen molar-refractivity contribution in [1.29, 1.82) is 0 Å². The van der Waals surface area contributed by atoms with Crippen molar-refractivity contribution < 1.29 is 19.2 Å². The number of hydrogen-bond acceptors (Lipinski definition) is 3. The molecule has 3 nitrogen and oxygen atoms in total. The van der Waals surface area contributed by atoms with Gasteiger partial charge in [-0.2, -0.15) is 0 Å². The Balaban J connectivity index is 3.13. The van der Waals surface area contributed by atoms with Crippen LogP contribution in [-0.4, -0.2) is 23.8 Å². The van der Waals surface area contributed by atoms with Gasteiger partial charge in [0.15, 0.2) is 11.6 Å². The Kier molecular flexibility index (Phi) is 3.74. The first-order valence-electron chi connectivity index (χ1n) is 4.04. The molecule has 1 aromatic carbocycles. The van der Waals surface area contributed by atoms with E-state index in [2.05, 4.69) is 0 Å². The SMILES string of the molecule is CCOc1cc(B(O)O)c(Cl)cc1F. The van der Waals surface area contributed by atoms with Gasteiger partial charge in [0.1, 0.15) is 0 Å². The van der Waals surface area contributed by atoms with Crippen LogP contribution in [0.2, 0.25) is 5.02 Å². The zero-order valence-corrected chi connectivity index (χ0v) is 8.25. The molecule has 0 atom stereocenters. The summed E-state index contributed by atoms with van der Waals surface area (Å²) in [6.07, 6.45) is 0. The highest BCUT2D eigenvalue weighted by Gasteiger charge is 2.18. The summed E-state index contributed by atoms with van der Waals surface area (Å²) in [4.78, 5) is 0. The minimum Gasteiger partial charge on any atom is -0.491 e. The third-order valence-corrected chi connectivity index (χ3v) is 1.96. The molecule has 0 amide bonds. The van der Waals surface area contributed by atoms with E-state index < -0.39 is 12.9 Å². The Labute approximate surface area is 86.2 Å². The molecule has 0 radical (unpaired) electrons. The molecule has 0 saturated heterocycles. The topological polar surface area (TPSA) is 49.7 Å². The van der Waals surface area contributed by atoms with Crippen molar-refractivity contribution in [2.24, 2.45) is 0 Å². The lowest BCUT2D eigenvalue weighted by Crippen LogP contribution is -2.31. The first-order chi connectivity index (χ1) is 6.56. The normalized spacial score (nSPS) is 10.1. The van der Waals surface area contributed by atoms with Gasteiger partial charge in [-0.3, -0.25) is 0 Å². The van der Waals surface area contributed by atoms with Gasteiger partial charge in [-0.15, -0.1) is 0 Å². The molecule has 0 fully saturated rings. The van der Waals surface area contributed by atoms with Gasteiger partial charge in [0.2, 0.25) is 0 Å². The van der Waals surface area contributed by atoms with Gasteiger partial charge in [-0.1, -0.05) is 11.6 Å². The molecule has 1 aromatic rings. The van der Waals surface area contributed by atoms with Crippen molar-refractivity contribution in [2.75, 3.05) is 6.61 Å². The maximum atomic E-state index is 13.1. The van der Waals surface area contributed by atoms with E-state index in [4.69, 9.17) is 26.4 Å². The number of ether oxygens (including phenoxy) is 1. The number of hydrogen-bond donors (Lipinski definition) is 2. The molecule has 14 heavy (non-hydrogen) atoms. The third-order valence-electron chi connectivity index (χ3n) is 1.63. The molecule has 0 aliphatic carbocycles. The van der Waals surface area contributed by atoms with Crippen molar-refractivity contribution in [3.63, 3.8) is 0 Å². The van der Waals surface area contributed by atoms with E-state index >= 15 is 0 Å². The molecule has 0 aliphatic heterocycles. The Morgan fingerprint density at radius 2 is 2.14 bits per heavy atom. The van der Waals surface area contributed by atoms with Crippen LogP contribution in [0.25, 0.3) is 0 Å². The van der Waals surface area contributed by atoms with Crippen LogP contribution >= 0.6 is 11.6 Å². The minimum atomic E-state index is -1.73. The molecule has 1 rings (SSSR count). The van der Waals surface area contributed by atoms with Gasteiger partial charge in [-0.05, 0) is 19.1 Å². The van der Waals surface area contributed by atoms with E-state index in [9.17, 15) is 4.39 Å². The van der Waals surface area contributed by atoms with Crippen LogP contribution in [0, 0.1) is 5.82 Å². The maximum Gasteiger partial charge on any atom is 0.490 e. The van der Waals surface area contributed by atoms with Gasteiger partial charge < -0.3 is 14.8 Å². The van der Waals surface area contributed by atoms with E-state index in [0.717, 1.165) is 6.07 Å². The van der Waals surface area contributed by atoms with Crippen molar-refractivity contribution >= 4 is 24.2 Å². The van der Waals surface area contributed by atoms with E-state index in [0.29, 0.717) is 6.61 Å². The predicted molar refractivity (Wildman–Crippen MR) is 52.4 cm³/mol. The Morgan fingerprint density at radius 1 is 1.50 bits per heavy atom. The average Bonchev–Trinajstić information content (AvgIpc) is 2.09. The second-order valence-corrected chi connectivity index (χ2v) is 3.02. The van der Waals surface area contributed by atoms with Gasteiger partial charge >= 0.3 is 7.12 Å². The summed E-state index contributed by atoms with van der Waals surface area (Å²) in [7, 11) is -1.73. The molecule has 0 bridgehead atoms. The summed E-state index contributed by atoms with van der Waals surface area (Å²) in [5.74, 6) is -0.666. The van der Waals surface area contributed by atoms with Crippen molar-refractivity contribution in [1.82, 2.24) is 0 Å². The fourth-order valence-electron chi connectivity index (χ4n) is 1.01. The minimum absolute atomic E-state index is 0.0246. The lowest BCUT2D eigenvalue weighted by atomic mass is 9.80. The quantitative estimate of drug-likeness (QED) is 0.729. The fraction of sp³-hybridized carbons (Fsp3) is 0.250. The van der Waals surface area contributed by atoms with E-state index in [-0.39, 0.29) is 16.2 Å². The summed E-state index contributed by atoms with van der Waals surface area (Å²) in [6, 6.07) is 2.16. The number of benzene rings is 1. The molecular formula is C8H9BClFO3. The van der Waals surface area contributed by atoms with Crippen LogP contribution < -0.4 is 10.2 Å². The largest absolute Gasteiger partial charge is 0.491 e. The molecular weight excluding hydrogens is 209 g/mol. The smallest absolute Gasteiger partial charge is 0.490 e. The lowest BCUT2D eigenvalue weighted by Gasteiger charge is -2.08. The zero-order valence-electron chi connectivity index (χ0n) is 7.50. The summed E-state index contributed by atoms with van der Waals surface area (Å²) < 4.78 is 18.0. The second-order valence-electron chi connectivity index (χ2n) is 2.61. The highest BCUT2D eigenvalue weighted by atomic mass is 35.5. The Morgan fingerprint density at radius 3 is 2.64 bits per heavy atom. The molecule has 0 aliphatic rings. The lowest BCUT2D eigenvalue weighted by molar-refractivity contribution is 0.321. The molecule has 0 aromatic heterocycles. The van der Waals surface area contributed by atoms with Crippen LogP contribution in [-0.2, 0) is 0 Å². The van der Waals surface area contributed by atoms with Crippen LogP contribution in [0.5, 0.6) is 5.75 Å². The summed E-state index contributed by atoms with van der Waals surface area (Å²) in [5, 5.41) is 17.7. The summed E-state index contributed by atoms with van der Waals surface area (Å²) in [6.45, 7) is 1.99. The first kappa shape index (κ1) is 11.3. The fourth-order valence-corrected chi connectivity index (χ4v) is 1.26. The Bertz CT molecular complexity index is 333. The van der Waals surface area contributed by atoms with Crippen molar-refractivity contribution in [3.05, 3.63) is 23.0 Å². The summed E-state index contributed by atoms with van der Waals surface area (Å²) >= 11 is 5.58. The third kappa shape index (κ3) is 2.38. The molecule has 0 heterocycles. The molecule has 0 spiro atoms. The van der Waals surface area contributed by atoms with Gasteiger partial charge in [0.25, 0.3) is 0 Å². The van der Waals surface area contributed by atoms with Crippen molar-refractivity contribution in [2.45, 2.75) is 6.92 Å². The van der Waals surface area contributed by atoms with E-state index in [1.165, 1.54) is 6.07 Å². The molecule has 0 saturated carbocycles. The molecule has 76 valence electrons. The van der Waals surface area contributed by atoms with E-state index in [1.807, 2.05) is 0 Å². The molecule has 6 heteroatoms. The van der Waals surface area contributed by atoms with Crippen molar-refractivity contribution in [3.8, 4) is 5.75 Å². The van der Waals surface area contributed by atoms with Gasteiger partial charge in [0.05, 0.1) is 6.61 Å². The maximum absolute atomic E-state index is 13.1. The number of halogens is 2. The molecule has 0 unspecified atom stereocenters. The van der Waals surface area contributed by atoms with Gasteiger partial charge in [-0.25, -0.2) is 4.39 Å². The van der Waals surface area contributed by atoms with E-state index in [1.54, 1.807) is 6.92 Å². The van der Waals surface area contributed by atoms with Crippen LogP contribution in [0.3, 0.4) is 0 Å². The highest BCUT2D eigenvalue weighted by molar-refractivity contribution is 6.62. The van der Waals surface area contributed by atoms with Gasteiger partial charge in [0, 0.05) is 10.5 Å². The molecule has 2 N–H and O–H groups in total. The second kappa shape index (κ2) is 4.64. The summed E-state index contributed by atoms with van der Waals surface area (Å²) in [5.41, 5.74) is 0.0246. The standard InChI is InChI=1S/C8H9BClFO3/c1-2-14-8-3-5(9(12)13)6(10)4-7(8)11/h3-4,12-13H,2H2,1H3. The average molecular weight is 218 g/mol. The predicted octanol–water partition coefficient (Wildman–Crippen LogP) is 0.558. The van der Waals surface area contributed by atoms with Crippen LogP contribution in [0.4, 0.5) is 4.39 Å². The van der Waals surface area contributed by atoms with Crippen LogP contribution in [0.15, 0.2) is 12.1 Å². The highest BCUT2D eigenvalue weighted by Crippen LogP contribution is 2.19. The number of rotatable bonds is 3. The zero-order chi connectivity index (χ0) is 10.7. The monoisotopic (exact) mass is 218 g/mol.